The summed E-state index contributed by atoms with van der Waals surface area (Å²) in [7, 11) is 1.88. The number of alkyl carbamates (subject to hydrolysis) is 1. The number of anilines is 2. The zero-order chi connectivity index (χ0) is 36.0. The maximum Gasteiger partial charge on any atom is 0.412 e. The van der Waals surface area contributed by atoms with Gasteiger partial charge in [-0.2, -0.15) is 0 Å². The van der Waals surface area contributed by atoms with Gasteiger partial charge in [0.25, 0.3) is 5.91 Å². The third kappa shape index (κ3) is 10.6. The van der Waals surface area contributed by atoms with E-state index < -0.39 is 24.3 Å². The Labute approximate surface area is 290 Å². The number of nitrogens with zero attached hydrogens (tertiary/aromatic N) is 4. The number of hydrogen-bond acceptors (Lipinski definition) is 11. The molecular formula is C36H43N7O7. The van der Waals surface area contributed by atoms with Crippen molar-refractivity contribution in [1.29, 1.82) is 5.41 Å². The highest BCUT2D eigenvalue weighted by molar-refractivity contribution is 6.07. The van der Waals surface area contributed by atoms with Crippen molar-refractivity contribution in [1.82, 2.24) is 19.9 Å². The Morgan fingerprint density at radius 1 is 0.980 bits per heavy atom. The Morgan fingerprint density at radius 3 is 2.44 bits per heavy atom. The largest absolute Gasteiger partial charge is 0.449 e. The van der Waals surface area contributed by atoms with Gasteiger partial charge >= 0.3 is 18.0 Å². The van der Waals surface area contributed by atoms with Crippen molar-refractivity contribution in [3.05, 3.63) is 83.8 Å². The lowest BCUT2D eigenvalue weighted by molar-refractivity contribution is -0.182. The van der Waals surface area contributed by atoms with Gasteiger partial charge in [0.05, 0.1) is 30.6 Å². The lowest BCUT2D eigenvalue weighted by atomic mass is 10.1. The van der Waals surface area contributed by atoms with Crippen LogP contribution >= 0.6 is 0 Å². The molecule has 0 saturated heterocycles. The molecule has 0 spiro atoms. The van der Waals surface area contributed by atoms with Crippen LogP contribution in [0.4, 0.5) is 16.3 Å². The number of nitrogens with one attached hydrogen (secondary N) is 3. The van der Waals surface area contributed by atoms with Gasteiger partial charge in [0.15, 0.2) is 0 Å². The third-order valence-corrected chi connectivity index (χ3v) is 7.64. The number of benzene rings is 2. The second-order valence-electron chi connectivity index (χ2n) is 11.5. The van der Waals surface area contributed by atoms with E-state index in [1.807, 2.05) is 17.7 Å². The number of fused-ring (bicyclic) bond motifs is 1. The molecule has 4 rings (SSSR count). The number of hydrogen-bond donors (Lipinski definition) is 3. The van der Waals surface area contributed by atoms with Crippen molar-refractivity contribution in [2.24, 2.45) is 7.05 Å². The van der Waals surface area contributed by atoms with E-state index in [-0.39, 0.29) is 24.7 Å². The minimum atomic E-state index is -1.05. The molecule has 14 nitrogen and oxygen atoms in total. The molecule has 264 valence electrons. The fraction of sp³-hybridized carbons (Fsp3) is 0.361. The summed E-state index contributed by atoms with van der Waals surface area (Å²) >= 11 is 0. The number of aromatic nitrogens is 3. The van der Waals surface area contributed by atoms with Crippen molar-refractivity contribution < 1.29 is 33.4 Å². The average molecular weight is 686 g/mol. The zero-order valence-corrected chi connectivity index (χ0v) is 28.7. The number of aryl methyl sites for hydroxylation is 1. The highest BCUT2D eigenvalue weighted by atomic mass is 16.7. The van der Waals surface area contributed by atoms with Crippen molar-refractivity contribution in [3.8, 4) is 0 Å². The fourth-order valence-corrected chi connectivity index (χ4v) is 5.08. The monoisotopic (exact) mass is 685 g/mol. The van der Waals surface area contributed by atoms with E-state index in [1.54, 1.807) is 60.8 Å². The van der Waals surface area contributed by atoms with Crippen LogP contribution in [0.2, 0.25) is 0 Å². The molecule has 0 radical (unpaired) electrons. The molecule has 2 aromatic heterocycles. The molecule has 14 heteroatoms. The highest BCUT2D eigenvalue weighted by Crippen LogP contribution is 2.21. The molecule has 3 N–H and O–H groups in total. The first-order valence-electron chi connectivity index (χ1n) is 16.5. The summed E-state index contributed by atoms with van der Waals surface area (Å²) < 4.78 is 17.1. The minimum Gasteiger partial charge on any atom is -0.449 e. The van der Waals surface area contributed by atoms with Gasteiger partial charge in [-0.15, -0.1) is 0 Å². The first kappa shape index (κ1) is 37.0. The van der Waals surface area contributed by atoms with E-state index in [4.69, 9.17) is 24.6 Å². The van der Waals surface area contributed by atoms with Gasteiger partial charge in [-0.1, -0.05) is 32.3 Å². The summed E-state index contributed by atoms with van der Waals surface area (Å²) in [6.07, 6.45) is 3.70. The Kier molecular flexibility index (Phi) is 13.4. The summed E-state index contributed by atoms with van der Waals surface area (Å²) in [5, 5.41) is 14.0. The standard InChI is InChI=1S/C36H43N7O7/c1-5-6-7-10-21-48-36(47)41-34(37)26-12-15-28(16-13-26)39-23-32-40-29-22-27(14-17-30(29)42(32)4)35(46)43(31-11-8-9-19-38-31)20-18-33(45)50-25(3)49-24(2)44/h8-9,11-17,19,22,25,39H,5-7,10,18,20-21,23H2,1-4H3,(H2,37,41,47). The Morgan fingerprint density at radius 2 is 1.74 bits per heavy atom. The van der Waals surface area contributed by atoms with E-state index in [9.17, 15) is 19.2 Å². The second kappa shape index (κ2) is 18.1. The molecule has 0 aliphatic carbocycles. The molecule has 2 amide bonds. The first-order chi connectivity index (χ1) is 24.0. The summed E-state index contributed by atoms with van der Waals surface area (Å²) in [5.74, 6) is -0.561. The highest BCUT2D eigenvalue weighted by Gasteiger charge is 2.22. The summed E-state index contributed by atoms with van der Waals surface area (Å²) in [6, 6.07) is 17.4. The van der Waals surface area contributed by atoms with E-state index in [0.29, 0.717) is 35.6 Å². The van der Waals surface area contributed by atoms with Crippen LogP contribution in [0, 0.1) is 5.41 Å². The van der Waals surface area contributed by atoms with Crippen molar-refractivity contribution in [3.63, 3.8) is 0 Å². The van der Waals surface area contributed by atoms with E-state index in [1.165, 1.54) is 18.7 Å². The van der Waals surface area contributed by atoms with Crippen molar-refractivity contribution in [2.45, 2.75) is 65.7 Å². The molecule has 50 heavy (non-hydrogen) atoms. The van der Waals surface area contributed by atoms with Gasteiger partial charge in [0.2, 0.25) is 6.29 Å². The van der Waals surface area contributed by atoms with Crippen LogP contribution in [0.1, 0.15) is 74.6 Å². The lowest BCUT2D eigenvalue weighted by Gasteiger charge is -2.22. The second-order valence-corrected chi connectivity index (χ2v) is 11.5. The molecule has 0 bridgehead atoms. The molecule has 0 fully saturated rings. The number of carbonyl (C=O) groups excluding carboxylic acids is 4. The maximum absolute atomic E-state index is 13.8. The van der Waals surface area contributed by atoms with Crippen molar-refractivity contribution >= 4 is 52.3 Å². The topological polar surface area (TPSA) is 178 Å². The van der Waals surface area contributed by atoms with Crippen LogP contribution in [-0.2, 0) is 37.4 Å². The summed E-state index contributed by atoms with van der Waals surface area (Å²) in [4.78, 5) is 59.8. The molecule has 1 atom stereocenters. The first-order valence-corrected chi connectivity index (χ1v) is 16.5. The number of unbranched alkanes of at least 4 members (excludes halogenated alkanes) is 3. The molecule has 2 heterocycles. The molecular weight excluding hydrogens is 642 g/mol. The molecule has 0 aliphatic rings. The summed E-state index contributed by atoms with van der Waals surface area (Å²) in [5.41, 5.74) is 3.10. The zero-order valence-electron chi connectivity index (χ0n) is 28.7. The van der Waals surface area contributed by atoms with Crippen LogP contribution in [0.15, 0.2) is 66.9 Å². The van der Waals surface area contributed by atoms with Gasteiger partial charge in [-0.3, -0.25) is 30.0 Å². The third-order valence-electron chi connectivity index (χ3n) is 7.64. The Bertz CT molecular complexity index is 1790. The number of pyridine rings is 1. The lowest BCUT2D eigenvalue weighted by Crippen LogP contribution is -2.34. The molecule has 4 aromatic rings. The van der Waals surface area contributed by atoms with Crippen molar-refractivity contribution in [2.75, 3.05) is 23.4 Å². The molecule has 1 unspecified atom stereocenters. The van der Waals surface area contributed by atoms with Gasteiger partial charge in [-0.25, -0.2) is 14.8 Å². The normalized spacial score (nSPS) is 11.4. The van der Waals surface area contributed by atoms with E-state index >= 15 is 0 Å². The number of esters is 2. The summed E-state index contributed by atoms with van der Waals surface area (Å²) in [6.45, 7) is 5.45. The predicted molar refractivity (Wildman–Crippen MR) is 188 cm³/mol. The predicted octanol–water partition coefficient (Wildman–Crippen LogP) is 5.70. The Hall–Kier alpha value is -5.79. The van der Waals surface area contributed by atoms with Crippen LogP contribution < -0.4 is 15.5 Å². The number of amidine groups is 1. The average Bonchev–Trinajstić information content (AvgIpc) is 3.41. The van der Waals surface area contributed by atoms with Crippen LogP contribution in [-0.4, -0.2) is 63.8 Å². The SMILES string of the molecule is CCCCCCOC(=O)NC(=N)c1ccc(NCc2nc3cc(C(=O)N(CCC(=O)OC(C)OC(C)=O)c4ccccn4)ccc3n2C)cc1. The molecule has 0 aliphatic heterocycles. The quantitative estimate of drug-likeness (QED) is 0.0436. The maximum atomic E-state index is 13.8. The number of ether oxygens (including phenoxy) is 3. The fourth-order valence-electron chi connectivity index (χ4n) is 5.08. The van der Waals surface area contributed by atoms with Crippen LogP contribution in [0.5, 0.6) is 0 Å². The van der Waals surface area contributed by atoms with Gasteiger partial charge < -0.3 is 24.1 Å². The van der Waals surface area contributed by atoms with Gasteiger partial charge in [0, 0.05) is 50.5 Å². The van der Waals surface area contributed by atoms with Crippen LogP contribution in [0.3, 0.4) is 0 Å². The van der Waals surface area contributed by atoms with Gasteiger partial charge in [0.1, 0.15) is 17.5 Å². The number of imidazole rings is 1. The van der Waals surface area contributed by atoms with E-state index in [0.717, 1.165) is 42.7 Å². The molecule has 0 saturated carbocycles. The molecule has 2 aromatic carbocycles. The number of rotatable bonds is 16. The Balaban J connectivity index is 1.38. The van der Waals surface area contributed by atoms with Crippen LogP contribution in [0.25, 0.3) is 11.0 Å². The van der Waals surface area contributed by atoms with E-state index in [2.05, 4.69) is 22.5 Å². The minimum absolute atomic E-state index is 0.0194. The van der Waals surface area contributed by atoms with Gasteiger partial charge in [-0.05, 0) is 61.0 Å². The smallest absolute Gasteiger partial charge is 0.412 e. The number of carbonyl (C=O) groups is 4. The number of amides is 2.